The lowest BCUT2D eigenvalue weighted by molar-refractivity contribution is -0.274. The number of aliphatic hydroxyl groups excluding tert-OH is 1. The van der Waals surface area contributed by atoms with Gasteiger partial charge in [0.05, 0.1) is 0 Å². The highest BCUT2D eigenvalue weighted by molar-refractivity contribution is 5.51. The number of benzene rings is 2. The number of hydrogen-bond acceptors (Lipinski definition) is 5. The van der Waals surface area contributed by atoms with E-state index in [1.165, 1.54) is 17.7 Å². The van der Waals surface area contributed by atoms with Crippen molar-refractivity contribution in [3.63, 3.8) is 0 Å². The number of hydrogen-bond donors (Lipinski definition) is 2. The van der Waals surface area contributed by atoms with E-state index in [4.69, 9.17) is 0 Å². The van der Waals surface area contributed by atoms with Gasteiger partial charge in [-0.3, -0.25) is 10.2 Å². The van der Waals surface area contributed by atoms with Crippen molar-refractivity contribution in [1.29, 1.82) is 0 Å². The zero-order chi connectivity index (χ0) is 22.3. The Bertz CT molecular complexity index is 879. The summed E-state index contributed by atoms with van der Waals surface area (Å²) in [5.74, 6) is -0.274. The maximum absolute atomic E-state index is 12.4. The van der Waals surface area contributed by atoms with Gasteiger partial charge in [-0.05, 0) is 69.6 Å². The highest BCUT2D eigenvalue weighted by Crippen LogP contribution is 2.46. The molecule has 0 amide bonds. The van der Waals surface area contributed by atoms with Crippen molar-refractivity contribution in [2.75, 3.05) is 25.5 Å². The van der Waals surface area contributed by atoms with Crippen LogP contribution < -0.4 is 15.0 Å². The number of halogens is 3. The van der Waals surface area contributed by atoms with Gasteiger partial charge in [0.15, 0.2) is 6.35 Å². The van der Waals surface area contributed by atoms with Crippen LogP contribution in [0.5, 0.6) is 5.75 Å². The molecule has 8 heteroatoms. The molecule has 1 heterocycles. The van der Waals surface area contributed by atoms with Crippen LogP contribution in [-0.2, 0) is 5.54 Å². The predicted molar refractivity (Wildman–Crippen MR) is 113 cm³/mol. The van der Waals surface area contributed by atoms with E-state index in [2.05, 4.69) is 53.3 Å². The van der Waals surface area contributed by atoms with E-state index in [0.29, 0.717) is 12.2 Å². The minimum absolute atomic E-state index is 0.0524. The molecule has 1 aliphatic carbocycles. The van der Waals surface area contributed by atoms with E-state index in [1.54, 1.807) is 17.0 Å². The Morgan fingerprint density at radius 1 is 1.00 bits per heavy atom. The first kappa shape index (κ1) is 21.9. The van der Waals surface area contributed by atoms with Crippen molar-refractivity contribution in [1.82, 2.24) is 10.2 Å². The molecule has 1 saturated carbocycles. The fraction of sp³-hybridized carbons (Fsp3) is 0.478. The Morgan fingerprint density at radius 2 is 1.61 bits per heavy atom. The molecule has 2 fully saturated rings. The maximum atomic E-state index is 12.4. The summed E-state index contributed by atoms with van der Waals surface area (Å²) >= 11 is 0. The molecular weight excluding hydrogens is 407 g/mol. The van der Waals surface area contributed by atoms with Gasteiger partial charge in [-0.15, -0.1) is 13.2 Å². The van der Waals surface area contributed by atoms with Crippen molar-refractivity contribution in [2.45, 2.75) is 49.5 Å². The molecule has 0 bridgehead atoms. The highest BCUT2D eigenvalue weighted by Gasteiger charge is 2.50. The molecule has 2 N–H and O–H groups in total. The number of nitrogens with zero attached hydrogens (tertiary/aromatic N) is 2. The lowest BCUT2D eigenvalue weighted by Gasteiger charge is -2.49. The van der Waals surface area contributed by atoms with Gasteiger partial charge in [0, 0.05) is 23.3 Å². The molecule has 1 atom stereocenters. The molecular formula is C23H28F3N3O2. The molecule has 2 aliphatic rings. The zero-order valence-electron chi connectivity index (χ0n) is 17.7. The molecule has 1 unspecified atom stereocenters. The van der Waals surface area contributed by atoms with Crippen LogP contribution in [0.1, 0.15) is 31.2 Å². The second-order valence-corrected chi connectivity index (χ2v) is 8.76. The molecule has 5 nitrogen and oxygen atoms in total. The second kappa shape index (κ2) is 8.00. The summed E-state index contributed by atoms with van der Waals surface area (Å²) in [6.07, 6.45) is -1.98. The average molecular weight is 435 g/mol. The molecule has 168 valence electrons. The van der Waals surface area contributed by atoms with Gasteiger partial charge in [-0.1, -0.05) is 30.3 Å². The number of ether oxygens (including phenoxy) is 1. The van der Waals surface area contributed by atoms with Crippen LogP contribution in [0.3, 0.4) is 0 Å². The SMILES string of the molecule is CN(C)C1(c2ccccc2)CCC2(CC1)CN(c1ccc(OC(F)(F)F)cc1)C(O)N2. The smallest absolute Gasteiger partial charge is 0.406 e. The van der Waals surface area contributed by atoms with Crippen molar-refractivity contribution in [2.24, 2.45) is 0 Å². The number of alkyl halides is 3. The maximum Gasteiger partial charge on any atom is 0.573 e. The number of rotatable bonds is 4. The standard InChI is InChI=1S/C23H28F3N3O2/c1-28(2)22(17-6-4-3-5-7-17)14-12-21(13-15-22)16-29(20(30)27-21)18-8-10-19(11-9-18)31-23(24,25)26/h3-11,20,27,30H,12-16H2,1-2H3. The summed E-state index contributed by atoms with van der Waals surface area (Å²) in [6, 6.07) is 16.1. The first-order valence-electron chi connectivity index (χ1n) is 10.4. The summed E-state index contributed by atoms with van der Waals surface area (Å²) in [6.45, 7) is 0.589. The van der Waals surface area contributed by atoms with E-state index in [9.17, 15) is 18.3 Å². The van der Waals surface area contributed by atoms with Gasteiger partial charge in [-0.2, -0.15) is 0 Å². The fourth-order valence-corrected chi connectivity index (χ4v) is 5.07. The fourth-order valence-electron chi connectivity index (χ4n) is 5.07. The summed E-state index contributed by atoms with van der Waals surface area (Å²) in [5, 5.41) is 14.0. The normalized spacial score (nSPS) is 29.0. The number of aliphatic hydroxyl groups is 1. The van der Waals surface area contributed by atoms with Crippen LogP contribution >= 0.6 is 0 Å². The molecule has 4 rings (SSSR count). The van der Waals surface area contributed by atoms with Gasteiger partial charge in [0.2, 0.25) is 0 Å². The van der Waals surface area contributed by atoms with Gasteiger partial charge in [0.25, 0.3) is 0 Å². The van der Waals surface area contributed by atoms with Crippen LogP contribution in [0.25, 0.3) is 0 Å². The van der Waals surface area contributed by atoms with Crippen LogP contribution in [0, 0.1) is 0 Å². The van der Waals surface area contributed by atoms with Crippen molar-refractivity contribution in [3.8, 4) is 5.75 Å². The Balaban J connectivity index is 1.48. The average Bonchev–Trinajstić information content (AvgIpc) is 3.04. The second-order valence-electron chi connectivity index (χ2n) is 8.76. The first-order valence-corrected chi connectivity index (χ1v) is 10.4. The molecule has 1 aliphatic heterocycles. The monoisotopic (exact) mass is 435 g/mol. The molecule has 2 aromatic carbocycles. The number of anilines is 1. The Morgan fingerprint density at radius 3 is 2.16 bits per heavy atom. The van der Waals surface area contributed by atoms with E-state index in [-0.39, 0.29) is 16.8 Å². The van der Waals surface area contributed by atoms with E-state index in [1.807, 2.05) is 6.07 Å². The van der Waals surface area contributed by atoms with Gasteiger partial charge < -0.3 is 14.7 Å². The largest absolute Gasteiger partial charge is 0.573 e. The third-order valence-corrected chi connectivity index (χ3v) is 6.81. The molecule has 31 heavy (non-hydrogen) atoms. The topological polar surface area (TPSA) is 48.0 Å². The van der Waals surface area contributed by atoms with E-state index < -0.39 is 12.7 Å². The lowest BCUT2D eigenvalue weighted by atomic mass is 9.69. The molecule has 0 radical (unpaired) electrons. The van der Waals surface area contributed by atoms with Gasteiger partial charge in [0.1, 0.15) is 5.75 Å². The molecule has 0 aromatic heterocycles. The lowest BCUT2D eigenvalue weighted by Crippen LogP contribution is -2.54. The summed E-state index contributed by atoms with van der Waals surface area (Å²) < 4.78 is 41.1. The van der Waals surface area contributed by atoms with Crippen LogP contribution in [-0.4, -0.2) is 48.9 Å². The summed E-state index contributed by atoms with van der Waals surface area (Å²) in [5.41, 5.74) is 1.65. The summed E-state index contributed by atoms with van der Waals surface area (Å²) in [7, 11) is 4.22. The highest BCUT2D eigenvalue weighted by atomic mass is 19.4. The minimum Gasteiger partial charge on any atom is -0.406 e. The van der Waals surface area contributed by atoms with Crippen LogP contribution in [0.2, 0.25) is 0 Å². The van der Waals surface area contributed by atoms with E-state index >= 15 is 0 Å². The zero-order valence-corrected chi connectivity index (χ0v) is 17.7. The predicted octanol–water partition coefficient (Wildman–Crippen LogP) is 4.04. The van der Waals surface area contributed by atoms with Gasteiger partial charge in [-0.25, -0.2) is 0 Å². The molecule has 1 spiro atoms. The van der Waals surface area contributed by atoms with Crippen molar-refractivity contribution in [3.05, 3.63) is 60.2 Å². The van der Waals surface area contributed by atoms with Crippen molar-refractivity contribution < 1.29 is 23.0 Å². The number of nitrogens with one attached hydrogen (secondary N) is 1. The summed E-state index contributed by atoms with van der Waals surface area (Å²) in [4.78, 5) is 4.08. The third kappa shape index (κ3) is 4.37. The Hall–Kier alpha value is -2.29. The molecule has 1 saturated heterocycles. The Kier molecular flexibility index (Phi) is 5.66. The minimum atomic E-state index is -4.72. The third-order valence-electron chi connectivity index (χ3n) is 6.81. The van der Waals surface area contributed by atoms with E-state index in [0.717, 1.165) is 25.7 Å². The van der Waals surface area contributed by atoms with Gasteiger partial charge >= 0.3 is 6.36 Å². The van der Waals surface area contributed by atoms with Crippen molar-refractivity contribution >= 4 is 5.69 Å². The Labute approximate surface area is 180 Å². The van der Waals surface area contributed by atoms with Crippen LogP contribution in [0.15, 0.2) is 54.6 Å². The quantitative estimate of drug-likeness (QED) is 0.759. The molecule has 2 aromatic rings. The first-order chi connectivity index (χ1) is 14.6. The van der Waals surface area contributed by atoms with Crippen LogP contribution in [0.4, 0.5) is 18.9 Å².